The maximum Gasteiger partial charge on any atom is 0.111 e. The summed E-state index contributed by atoms with van der Waals surface area (Å²) in [5, 5.41) is 1.13. The summed E-state index contributed by atoms with van der Waals surface area (Å²) in [6.07, 6.45) is 8.78. The molecule has 4 aromatic rings. The Morgan fingerprint density at radius 1 is 0.958 bits per heavy atom. The van der Waals surface area contributed by atoms with Crippen molar-refractivity contribution in [3.8, 4) is 12.3 Å². The summed E-state index contributed by atoms with van der Waals surface area (Å²) in [6, 6.07) is 18.6. The Morgan fingerprint density at radius 2 is 1.75 bits per heavy atom. The van der Waals surface area contributed by atoms with Gasteiger partial charge < -0.3 is 4.57 Å². The number of aryl methyl sites for hydroxylation is 1. The van der Waals surface area contributed by atoms with Gasteiger partial charge in [0.15, 0.2) is 0 Å². The van der Waals surface area contributed by atoms with Gasteiger partial charge in [0.05, 0.1) is 17.2 Å². The van der Waals surface area contributed by atoms with Crippen molar-refractivity contribution in [2.45, 2.75) is 19.4 Å². The summed E-state index contributed by atoms with van der Waals surface area (Å²) in [5.74, 6) is 3.74. The van der Waals surface area contributed by atoms with E-state index in [2.05, 4.69) is 45.8 Å². The lowest BCUT2D eigenvalue weighted by molar-refractivity contribution is 0.741. The minimum atomic E-state index is 0.684. The number of imidazole rings is 1. The molecule has 0 amide bonds. The summed E-state index contributed by atoms with van der Waals surface area (Å²) < 4.78 is 2.28. The van der Waals surface area contributed by atoms with Gasteiger partial charge in [-0.3, -0.25) is 4.98 Å². The molecule has 0 saturated carbocycles. The molecule has 3 heteroatoms. The van der Waals surface area contributed by atoms with Crippen LogP contribution in [-0.2, 0) is 13.0 Å². The van der Waals surface area contributed by atoms with Gasteiger partial charge in [0.1, 0.15) is 11.3 Å². The van der Waals surface area contributed by atoms with Crippen molar-refractivity contribution in [2.75, 3.05) is 0 Å². The maximum absolute atomic E-state index is 5.46. The van der Waals surface area contributed by atoms with Crippen LogP contribution in [0.2, 0.25) is 0 Å². The molecule has 0 fully saturated rings. The number of rotatable bonds is 4. The third-order valence-electron chi connectivity index (χ3n) is 4.24. The molecule has 0 bridgehead atoms. The van der Waals surface area contributed by atoms with Gasteiger partial charge in [-0.1, -0.05) is 48.5 Å². The molecule has 0 radical (unpaired) electrons. The van der Waals surface area contributed by atoms with Crippen molar-refractivity contribution in [1.82, 2.24) is 14.5 Å². The highest BCUT2D eigenvalue weighted by Gasteiger charge is 2.14. The standard InChI is InChI=1S/C21H17N3/c1-2-3-13-20-23-19-14-22-18-12-8-7-11-17(18)21(19)24(20)15-16-9-5-4-6-10-16/h1,4-12,14H,3,13,15H2. The molecule has 2 aromatic carbocycles. The minimum Gasteiger partial charge on any atom is -0.323 e. The van der Waals surface area contributed by atoms with Gasteiger partial charge in [0.25, 0.3) is 0 Å². The fraction of sp³-hybridized carbons (Fsp3) is 0.143. The van der Waals surface area contributed by atoms with Crippen LogP contribution in [0.3, 0.4) is 0 Å². The third-order valence-corrected chi connectivity index (χ3v) is 4.24. The highest BCUT2D eigenvalue weighted by Crippen LogP contribution is 2.26. The van der Waals surface area contributed by atoms with Crippen LogP contribution in [0.15, 0.2) is 60.8 Å². The number of hydrogen-bond acceptors (Lipinski definition) is 2. The molecule has 0 atom stereocenters. The highest BCUT2D eigenvalue weighted by molar-refractivity contribution is 6.02. The van der Waals surface area contributed by atoms with Crippen LogP contribution in [0.25, 0.3) is 21.9 Å². The largest absolute Gasteiger partial charge is 0.323 e. The molecule has 116 valence electrons. The van der Waals surface area contributed by atoms with E-state index in [1.807, 2.05) is 30.5 Å². The van der Waals surface area contributed by atoms with Crippen LogP contribution in [0, 0.1) is 12.3 Å². The zero-order chi connectivity index (χ0) is 16.4. The number of terminal acetylenes is 1. The van der Waals surface area contributed by atoms with E-state index in [0.717, 1.165) is 40.7 Å². The van der Waals surface area contributed by atoms with Gasteiger partial charge in [0.2, 0.25) is 0 Å². The van der Waals surface area contributed by atoms with E-state index >= 15 is 0 Å². The molecular weight excluding hydrogens is 294 g/mol. The van der Waals surface area contributed by atoms with E-state index in [9.17, 15) is 0 Å². The summed E-state index contributed by atoms with van der Waals surface area (Å²) in [5.41, 5.74) is 4.30. The number of aromatic nitrogens is 3. The molecule has 0 N–H and O–H groups in total. The number of para-hydroxylation sites is 1. The van der Waals surface area contributed by atoms with Crippen LogP contribution in [0.4, 0.5) is 0 Å². The molecule has 0 aliphatic carbocycles. The normalized spacial score (nSPS) is 11.0. The molecule has 0 aliphatic rings. The molecule has 3 nitrogen and oxygen atoms in total. The minimum absolute atomic E-state index is 0.684. The molecule has 0 saturated heterocycles. The highest BCUT2D eigenvalue weighted by atomic mass is 15.1. The molecule has 24 heavy (non-hydrogen) atoms. The average Bonchev–Trinajstić information content (AvgIpc) is 2.99. The van der Waals surface area contributed by atoms with Gasteiger partial charge in [-0.05, 0) is 11.6 Å². The summed E-state index contributed by atoms with van der Waals surface area (Å²) >= 11 is 0. The second-order valence-corrected chi connectivity index (χ2v) is 5.81. The Labute approximate surface area is 141 Å². The lowest BCUT2D eigenvalue weighted by atomic mass is 10.1. The van der Waals surface area contributed by atoms with Crippen molar-refractivity contribution >= 4 is 21.9 Å². The summed E-state index contributed by atoms with van der Waals surface area (Å²) in [7, 11) is 0. The zero-order valence-corrected chi connectivity index (χ0v) is 13.3. The second-order valence-electron chi connectivity index (χ2n) is 5.81. The van der Waals surface area contributed by atoms with Crippen molar-refractivity contribution in [2.24, 2.45) is 0 Å². The summed E-state index contributed by atoms with van der Waals surface area (Å²) in [6.45, 7) is 0.783. The lowest BCUT2D eigenvalue weighted by Gasteiger charge is -2.10. The first kappa shape index (κ1) is 14.5. The number of pyridine rings is 1. The monoisotopic (exact) mass is 311 g/mol. The van der Waals surface area contributed by atoms with E-state index < -0.39 is 0 Å². The predicted octanol–water partition coefficient (Wildman–Crippen LogP) is 4.20. The van der Waals surface area contributed by atoms with Crippen molar-refractivity contribution in [1.29, 1.82) is 0 Å². The lowest BCUT2D eigenvalue weighted by Crippen LogP contribution is -2.05. The Kier molecular flexibility index (Phi) is 3.72. The molecule has 0 unspecified atom stereocenters. The Morgan fingerprint density at radius 3 is 2.58 bits per heavy atom. The fourth-order valence-corrected chi connectivity index (χ4v) is 3.12. The Hall–Kier alpha value is -3.12. The van der Waals surface area contributed by atoms with Crippen LogP contribution in [-0.4, -0.2) is 14.5 Å². The number of benzene rings is 2. The number of hydrogen-bond donors (Lipinski definition) is 0. The molecule has 0 aliphatic heterocycles. The quantitative estimate of drug-likeness (QED) is 0.529. The van der Waals surface area contributed by atoms with Crippen LogP contribution in [0.1, 0.15) is 17.8 Å². The van der Waals surface area contributed by atoms with Gasteiger partial charge in [-0.2, -0.15) is 0 Å². The van der Waals surface area contributed by atoms with E-state index in [-0.39, 0.29) is 0 Å². The van der Waals surface area contributed by atoms with Crippen molar-refractivity contribution in [3.05, 3.63) is 72.2 Å². The van der Waals surface area contributed by atoms with Gasteiger partial charge in [-0.15, -0.1) is 12.3 Å². The molecule has 4 rings (SSSR count). The first-order valence-electron chi connectivity index (χ1n) is 8.07. The smallest absolute Gasteiger partial charge is 0.111 e. The molecule has 0 spiro atoms. The van der Waals surface area contributed by atoms with Crippen LogP contribution < -0.4 is 0 Å². The predicted molar refractivity (Wildman–Crippen MR) is 97.7 cm³/mol. The van der Waals surface area contributed by atoms with Crippen LogP contribution >= 0.6 is 0 Å². The van der Waals surface area contributed by atoms with E-state index in [4.69, 9.17) is 11.4 Å². The Bertz CT molecular complexity index is 1040. The van der Waals surface area contributed by atoms with E-state index in [1.54, 1.807) is 0 Å². The summed E-state index contributed by atoms with van der Waals surface area (Å²) in [4.78, 5) is 9.34. The van der Waals surface area contributed by atoms with E-state index in [1.165, 1.54) is 5.56 Å². The van der Waals surface area contributed by atoms with E-state index in [0.29, 0.717) is 6.42 Å². The van der Waals surface area contributed by atoms with Crippen LogP contribution in [0.5, 0.6) is 0 Å². The fourth-order valence-electron chi connectivity index (χ4n) is 3.12. The third kappa shape index (κ3) is 2.53. The number of nitrogens with zero attached hydrogens (tertiary/aromatic N) is 3. The van der Waals surface area contributed by atoms with Gasteiger partial charge >= 0.3 is 0 Å². The van der Waals surface area contributed by atoms with Crippen molar-refractivity contribution in [3.63, 3.8) is 0 Å². The van der Waals surface area contributed by atoms with Crippen molar-refractivity contribution < 1.29 is 0 Å². The Balaban J connectivity index is 1.95. The molecule has 2 heterocycles. The first-order chi connectivity index (χ1) is 11.9. The average molecular weight is 311 g/mol. The topological polar surface area (TPSA) is 30.7 Å². The van der Waals surface area contributed by atoms with Gasteiger partial charge in [0, 0.05) is 24.8 Å². The second kappa shape index (κ2) is 6.17. The maximum atomic E-state index is 5.46. The molecule has 2 aromatic heterocycles. The molecular formula is C21H17N3. The SMILES string of the molecule is C#CCCc1nc2cnc3ccccc3c2n1Cc1ccccc1. The van der Waals surface area contributed by atoms with Gasteiger partial charge in [-0.25, -0.2) is 4.98 Å². The number of fused-ring (bicyclic) bond motifs is 3. The zero-order valence-electron chi connectivity index (χ0n) is 13.3. The first-order valence-corrected chi connectivity index (χ1v) is 8.07.